The predicted molar refractivity (Wildman–Crippen MR) is 105 cm³/mol. The first-order valence-corrected chi connectivity index (χ1v) is 9.50. The monoisotopic (exact) mass is 407 g/mol. The Hall–Kier alpha value is -3.75. The molecule has 1 aliphatic heterocycles. The van der Waals surface area contributed by atoms with Gasteiger partial charge in [0.05, 0.1) is 35.6 Å². The van der Waals surface area contributed by atoms with Gasteiger partial charge in [0, 0.05) is 12.1 Å². The fourth-order valence-corrected chi connectivity index (χ4v) is 4.68. The molecule has 4 atom stereocenters. The fraction of sp³-hybridized carbons (Fsp3) is 0.286. The number of carbonyl (C=O) groups excluding carboxylic acids is 2. The number of rotatable bonds is 5. The molecule has 9 heteroatoms. The number of methoxy groups -OCH3 is 1. The first-order chi connectivity index (χ1) is 14.5. The number of non-ortho nitro benzene ring substituents is 1. The van der Waals surface area contributed by atoms with Crippen LogP contribution in [-0.4, -0.2) is 35.1 Å². The highest BCUT2D eigenvalue weighted by molar-refractivity contribution is 6.06. The number of hydrogen-bond acceptors (Lipinski definition) is 7. The van der Waals surface area contributed by atoms with E-state index in [9.17, 15) is 19.7 Å². The maximum absolute atomic E-state index is 12.7. The molecule has 0 spiro atoms. The molecule has 152 valence electrons. The van der Waals surface area contributed by atoms with Gasteiger partial charge >= 0.3 is 0 Å². The number of amides is 2. The topological polar surface area (TPSA) is 115 Å². The van der Waals surface area contributed by atoms with Crippen molar-refractivity contribution in [3.8, 4) is 17.1 Å². The van der Waals surface area contributed by atoms with E-state index in [4.69, 9.17) is 9.15 Å². The Morgan fingerprint density at radius 1 is 1.17 bits per heavy atom. The molecule has 2 bridgehead atoms. The zero-order valence-corrected chi connectivity index (χ0v) is 15.9. The predicted octanol–water partition coefficient (Wildman–Crippen LogP) is 3.00. The normalized spacial score (nSPS) is 26.8. The number of imide groups is 1. The van der Waals surface area contributed by atoms with Crippen LogP contribution in [0.4, 0.5) is 5.69 Å². The molecule has 2 aromatic rings. The van der Waals surface area contributed by atoms with Crippen molar-refractivity contribution in [2.24, 2.45) is 28.8 Å². The first kappa shape index (κ1) is 18.3. The quantitative estimate of drug-likeness (QED) is 0.247. The summed E-state index contributed by atoms with van der Waals surface area (Å²) in [6.07, 6.45) is 6.21. The summed E-state index contributed by atoms with van der Waals surface area (Å²) in [5.41, 5.74) is 0.317. The van der Waals surface area contributed by atoms with Crippen molar-refractivity contribution in [2.75, 3.05) is 7.11 Å². The number of ether oxygens (including phenoxy) is 1. The van der Waals surface area contributed by atoms with Gasteiger partial charge in [0.1, 0.15) is 17.3 Å². The van der Waals surface area contributed by atoms with E-state index < -0.39 is 4.92 Å². The van der Waals surface area contributed by atoms with Crippen LogP contribution in [0, 0.1) is 33.8 Å². The second-order valence-corrected chi connectivity index (χ2v) is 7.58. The molecule has 1 saturated heterocycles. The van der Waals surface area contributed by atoms with Gasteiger partial charge in [0.2, 0.25) is 0 Å². The van der Waals surface area contributed by atoms with Gasteiger partial charge in [-0.1, -0.05) is 12.2 Å². The minimum Gasteiger partial charge on any atom is -0.496 e. The Morgan fingerprint density at radius 3 is 2.50 bits per heavy atom. The highest BCUT2D eigenvalue weighted by Gasteiger charge is 2.59. The van der Waals surface area contributed by atoms with Gasteiger partial charge in [0.15, 0.2) is 0 Å². The van der Waals surface area contributed by atoms with Crippen LogP contribution in [0.2, 0.25) is 0 Å². The van der Waals surface area contributed by atoms with Crippen molar-refractivity contribution in [3.05, 3.63) is 58.4 Å². The first-order valence-electron chi connectivity index (χ1n) is 9.50. The van der Waals surface area contributed by atoms with E-state index in [0.717, 1.165) is 11.4 Å². The Morgan fingerprint density at radius 2 is 1.87 bits per heavy atom. The van der Waals surface area contributed by atoms with E-state index >= 15 is 0 Å². The summed E-state index contributed by atoms with van der Waals surface area (Å²) in [4.78, 5) is 35.9. The number of hydrogen-bond donors (Lipinski definition) is 0. The second kappa shape index (κ2) is 6.65. The average Bonchev–Trinajstić information content (AvgIpc) is 3.51. The molecule has 1 aromatic heterocycles. The molecule has 2 heterocycles. The summed E-state index contributed by atoms with van der Waals surface area (Å²) in [5.74, 6) is 0.125. The maximum atomic E-state index is 12.7. The third-order valence-corrected chi connectivity index (χ3v) is 6.03. The van der Waals surface area contributed by atoms with Gasteiger partial charge in [-0.25, -0.2) is 0 Å². The lowest BCUT2D eigenvalue weighted by Gasteiger charge is -2.13. The highest BCUT2D eigenvalue weighted by Crippen LogP contribution is 2.52. The van der Waals surface area contributed by atoms with Crippen LogP contribution in [0.15, 0.2) is 52.0 Å². The molecule has 9 nitrogen and oxygen atoms in total. The number of carbonyl (C=O) groups is 2. The minimum absolute atomic E-state index is 0.0968. The fourth-order valence-electron chi connectivity index (χ4n) is 4.68. The smallest absolute Gasteiger partial charge is 0.270 e. The minimum atomic E-state index is -0.502. The van der Waals surface area contributed by atoms with Crippen LogP contribution < -0.4 is 4.74 Å². The molecule has 5 rings (SSSR count). The van der Waals surface area contributed by atoms with Crippen LogP contribution >= 0.6 is 0 Å². The molecular weight excluding hydrogens is 390 g/mol. The van der Waals surface area contributed by atoms with Crippen LogP contribution in [0.5, 0.6) is 5.75 Å². The Balaban J connectivity index is 1.39. The Labute approximate surface area is 170 Å². The van der Waals surface area contributed by atoms with Crippen LogP contribution in [0.25, 0.3) is 11.3 Å². The number of fused-ring (bicyclic) bond motifs is 5. The molecule has 1 aromatic carbocycles. The number of allylic oxidation sites excluding steroid dienone is 2. The molecule has 3 aliphatic rings. The molecule has 2 aliphatic carbocycles. The molecule has 1 saturated carbocycles. The van der Waals surface area contributed by atoms with Gasteiger partial charge in [-0.3, -0.25) is 19.7 Å². The number of benzene rings is 1. The number of hydrazone groups is 1. The molecule has 30 heavy (non-hydrogen) atoms. The largest absolute Gasteiger partial charge is 0.496 e. The standard InChI is InChI=1S/C21H17N3O6/c1-29-16-6-4-13(24(27)28)9-15(16)17-7-5-14(30-17)10-22-23-20(25)18-11-2-3-12(8-11)19(18)21(23)26/h2-7,9-12,18-19H,8H2,1H3/b22-10+. The Bertz CT molecular complexity index is 1100. The summed E-state index contributed by atoms with van der Waals surface area (Å²) >= 11 is 0. The highest BCUT2D eigenvalue weighted by atomic mass is 16.6. The number of nitro benzene ring substituents is 1. The number of nitro groups is 1. The van der Waals surface area contributed by atoms with E-state index in [1.165, 1.54) is 31.5 Å². The lowest BCUT2D eigenvalue weighted by atomic mass is 9.85. The van der Waals surface area contributed by atoms with Crippen molar-refractivity contribution in [2.45, 2.75) is 6.42 Å². The van der Waals surface area contributed by atoms with E-state index in [1.54, 1.807) is 12.1 Å². The van der Waals surface area contributed by atoms with Crippen molar-refractivity contribution < 1.29 is 23.7 Å². The third kappa shape index (κ3) is 2.66. The molecule has 2 fully saturated rings. The summed E-state index contributed by atoms with van der Waals surface area (Å²) < 4.78 is 11.0. The zero-order chi connectivity index (χ0) is 21.0. The summed E-state index contributed by atoms with van der Waals surface area (Å²) in [6, 6.07) is 7.42. The average molecular weight is 407 g/mol. The number of furan rings is 1. The van der Waals surface area contributed by atoms with Crippen LogP contribution in [0.3, 0.4) is 0 Å². The van der Waals surface area contributed by atoms with Crippen LogP contribution in [0.1, 0.15) is 12.2 Å². The van der Waals surface area contributed by atoms with Gasteiger partial charge in [-0.15, -0.1) is 0 Å². The lowest BCUT2D eigenvalue weighted by Crippen LogP contribution is -2.28. The van der Waals surface area contributed by atoms with Gasteiger partial charge in [-0.05, 0) is 36.5 Å². The SMILES string of the molecule is COc1ccc([N+](=O)[O-])cc1-c1ccc(/C=N/N2C(=O)C3C4C=CC(C4)C3C2=O)o1. The third-order valence-electron chi connectivity index (χ3n) is 6.03. The van der Waals surface area contributed by atoms with Gasteiger partial charge in [-0.2, -0.15) is 10.1 Å². The molecular formula is C21H17N3O6. The molecule has 0 N–H and O–H groups in total. The molecule has 4 unspecified atom stereocenters. The van der Waals surface area contributed by atoms with E-state index in [-0.39, 0.29) is 41.2 Å². The van der Waals surface area contributed by atoms with Crippen LogP contribution in [-0.2, 0) is 9.59 Å². The van der Waals surface area contributed by atoms with Crippen molar-refractivity contribution >= 4 is 23.7 Å². The van der Waals surface area contributed by atoms with Crippen molar-refractivity contribution in [1.29, 1.82) is 0 Å². The van der Waals surface area contributed by atoms with Gasteiger partial charge < -0.3 is 9.15 Å². The Kier molecular flexibility index (Phi) is 4.05. The van der Waals surface area contributed by atoms with E-state index in [2.05, 4.69) is 5.10 Å². The zero-order valence-electron chi connectivity index (χ0n) is 15.9. The van der Waals surface area contributed by atoms with Crippen molar-refractivity contribution in [1.82, 2.24) is 5.01 Å². The van der Waals surface area contributed by atoms with Gasteiger partial charge in [0.25, 0.3) is 17.5 Å². The lowest BCUT2D eigenvalue weighted by molar-refractivity contribution is -0.384. The molecule has 0 radical (unpaired) electrons. The molecule has 2 amide bonds. The number of nitrogens with zero attached hydrogens (tertiary/aromatic N) is 3. The van der Waals surface area contributed by atoms with E-state index in [0.29, 0.717) is 22.8 Å². The summed E-state index contributed by atoms with van der Waals surface area (Å²) in [5, 5.41) is 16.1. The maximum Gasteiger partial charge on any atom is 0.270 e. The van der Waals surface area contributed by atoms with Crippen molar-refractivity contribution in [3.63, 3.8) is 0 Å². The summed E-state index contributed by atoms with van der Waals surface area (Å²) in [6.45, 7) is 0. The van der Waals surface area contributed by atoms with E-state index in [1.807, 2.05) is 12.2 Å². The second-order valence-electron chi connectivity index (χ2n) is 7.58. The summed E-state index contributed by atoms with van der Waals surface area (Å²) in [7, 11) is 1.46.